The molecule has 0 fully saturated rings. The minimum absolute atomic E-state index is 0.502. The van der Waals surface area contributed by atoms with E-state index >= 15 is 0 Å². The first kappa shape index (κ1) is 23.5. The highest BCUT2D eigenvalue weighted by Crippen LogP contribution is 2.27. The van der Waals surface area contributed by atoms with Crippen molar-refractivity contribution in [1.29, 1.82) is 0 Å². The summed E-state index contributed by atoms with van der Waals surface area (Å²) < 4.78 is 0. The Bertz CT molecular complexity index is 1650. The summed E-state index contributed by atoms with van der Waals surface area (Å²) in [5.74, 6) is 2.55. The van der Waals surface area contributed by atoms with Crippen LogP contribution in [0, 0.1) is 0 Å². The fourth-order valence-electron chi connectivity index (χ4n) is 4.94. The third-order valence-corrected chi connectivity index (χ3v) is 7.39. The number of aryl methyl sites for hydroxylation is 3. The summed E-state index contributed by atoms with van der Waals surface area (Å²) in [6.07, 6.45) is 3.77. The van der Waals surface area contributed by atoms with E-state index in [1.807, 2.05) is 12.1 Å². The van der Waals surface area contributed by atoms with E-state index in [-0.39, 0.29) is 0 Å². The number of fused-ring (bicyclic) bond motifs is 2. The molecule has 1 atom stereocenters. The van der Waals surface area contributed by atoms with Gasteiger partial charge >= 0.3 is 0 Å². The van der Waals surface area contributed by atoms with Crippen molar-refractivity contribution in [2.45, 2.75) is 38.5 Å². The van der Waals surface area contributed by atoms with Gasteiger partial charge in [-0.3, -0.25) is 0 Å². The van der Waals surface area contributed by atoms with Crippen molar-refractivity contribution in [2.75, 3.05) is 0 Å². The lowest BCUT2D eigenvalue weighted by molar-refractivity contribution is 0.664. The molecule has 4 nitrogen and oxygen atoms in total. The van der Waals surface area contributed by atoms with Crippen LogP contribution < -0.4 is 0 Å². The van der Waals surface area contributed by atoms with Gasteiger partial charge in [0.05, 0.1) is 22.1 Å². The number of aromatic nitrogens is 4. The molecule has 2 heterocycles. The van der Waals surface area contributed by atoms with E-state index in [0.717, 1.165) is 70.0 Å². The molecule has 0 spiro atoms. The molecular weight excluding hydrogens is 476 g/mol. The van der Waals surface area contributed by atoms with Gasteiger partial charge in [-0.25, -0.2) is 9.97 Å². The first-order valence-electron chi connectivity index (χ1n) is 12.9. The molecule has 37 heavy (non-hydrogen) atoms. The summed E-state index contributed by atoms with van der Waals surface area (Å²) in [4.78, 5) is 16.7. The van der Waals surface area contributed by atoms with Crippen LogP contribution in [0.25, 0.3) is 33.2 Å². The summed E-state index contributed by atoms with van der Waals surface area (Å²) in [6.45, 7) is 2.28. The van der Waals surface area contributed by atoms with Crippen LogP contribution in [0.1, 0.15) is 42.0 Å². The monoisotopic (exact) mass is 504 g/mol. The van der Waals surface area contributed by atoms with Gasteiger partial charge in [-0.05, 0) is 77.4 Å². The predicted molar refractivity (Wildman–Crippen MR) is 153 cm³/mol. The third kappa shape index (κ3) is 5.30. The van der Waals surface area contributed by atoms with Crippen molar-refractivity contribution < 1.29 is 0 Å². The second-order valence-electron chi connectivity index (χ2n) is 9.81. The highest BCUT2D eigenvalue weighted by atomic mass is 35.5. The van der Waals surface area contributed by atoms with E-state index in [1.165, 1.54) is 16.7 Å². The normalized spacial score (nSPS) is 12.4. The zero-order chi connectivity index (χ0) is 25.2. The van der Waals surface area contributed by atoms with Crippen molar-refractivity contribution in [1.82, 2.24) is 19.9 Å². The Hall–Kier alpha value is -3.89. The SMILES string of the molecule is CC(CCc1nc2ccc(-c3ccc4nc(CCc5ccc(Cl)cc5)[nH]c4c3)cc2[nH]1)c1ccccc1. The number of rotatable bonds is 8. The van der Waals surface area contributed by atoms with Crippen LogP contribution in [-0.4, -0.2) is 19.9 Å². The Labute approximate surface area is 221 Å². The van der Waals surface area contributed by atoms with Crippen LogP contribution in [-0.2, 0) is 19.3 Å². The number of H-pyrrole nitrogens is 2. The first-order chi connectivity index (χ1) is 18.1. The molecular formula is C32H29ClN4. The molecule has 4 aromatic carbocycles. The van der Waals surface area contributed by atoms with Gasteiger partial charge in [0.2, 0.25) is 0 Å². The Kier molecular flexibility index (Phi) is 6.50. The Balaban J connectivity index is 1.16. The number of nitrogens with one attached hydrogen (secondary N) is 2. The van der Waals surface area contributed by atoms with Gasteiger partial charge in [0.25, 0.3) is 0 Å². The molecule has 0 radical (unpaired) electrons. The largest absolute Gasteiger partial charge is 0.342 e. The van der Waals surface area contributed by atoms with E-state index in [0.29, 0.717) is 5.92 Å². The van der Waals surface area contributed by atoms with Crippen LogP contribution in [0.5, 0.6) is 0 Å². The maximum atomic E-state index is 6.00. The number of imidazole rings is 2. The van der Waals surface area contributed by atoms with Crippen LogP contribution in [0.2, 0.25) is 5.02 Å². The molecule has 6 rings (SSSR count). The second kappa shape index (κ2) is 10.2. The Morgan fingerprint density at radius 3 is 1.89 bits per heavy atom. The lowest BCUT2D eigenvalue weighted by Crippen LogP contribution is -1.97. The standard InChI is InChI=1S/C32H29ClN4/c1-21(23-5-3-2-4-6-23)7-17-31-34-27-15-11-24(19-29(27)36-31)25-12-16-28-30(20-25)37-32(35-28)18-10-22-8-13-26(33)14-9-22/h2-6,8-9,11-16,19-21H,7,10,17-18H2,1H3,(H,34,36)(H,35,37). The Morgan fingerprint density at radius 2 is 1.27 bits per heavy atom. The van der Waals surface area contributed by atoms with Gasteiger partial charge in [0.1, 0.15) is 11.6 Å². The lowest BCUT2D eigenvalue weighted by Gasteiger charge is -2.10. The van der Waals surface area contributed by atoms with E-state index in [4.69, 9.17) is 21.6 Å². The molecule has 5 heteroatoms. The van der Waals surface area contributed by atoms with Crippen molar-refractivity contribution in [3.8, 4) is 11.1 Å². The molecule has 0 amide bonds. The van der Waals surface area contributed by atoms with E-state index in [9.17, 15) is 0 Å². The smallest absolute Gasteiger partial charge is 0.107 e. The molecule has 0 aliphatic rings. The summed E-state index contributed by atoms with van der Waals surface area (Å²) >= 11 is 6.00. The van der Waals surface area contributed by atoms with Crippen molar-refractivity contribution >= 4 is 33.7 Å². The molecule has 6 aromatic rings. The van der Waals surface area contributed by atoms with Crippen LogP contribution in [0.4, 0.5) is 0 Å². The fourth-order valence-corrected chi connectivity index (χ4v) is 5.06. The van der Waals surface area contributed by atoms with Gasteiger partial charge in [0, 0.05) is 17.9 Å². The summed E-state index contributed by atoms with van der Waals surface area (Å²) in [6, 6.07) is 31.6. The average Bonchev–Trinajstić information content (AvgIpc) is 3.54. The number of halogens is 1. The molecule has 2 N–H and O–H groups in total. The molecule has 0 saturated carbocycles. The molecule has 1 unspecified atom stereocenters. The molecule has 0 bridgehead atoms. The van der Waals surface area contributed by atoms with Crippen molar-refractivity contribution in [3.05, 3.63) is 119 Å². The maximum absolute atomic E-state index is 6.00. The molecule has 0 saturated heterocycles. The van der Waals surface area contributed by atoms with E-state index in [2.05, 4.69) is 95.8 Å². The van der Waals surface area contributed by atoms with E-state index < -0.39 is 0 Å². The van der Waals surface area contributed by atoms with E-state index in [1.54, 1.807) is 0 Å². The van der Waals surface area contributed by atoms with Crippen LogP contribution in [0.3, 0.4) is 0 Å². The summed E-state index contributed by atoms with van der Waals surface area (Å²) in [5, 5.41) is 0.766. The van der Waals surface area contributed by atoms with Gasteiger partial charge in [-0.2, -0.15) is 0 Å². The molecule has 2 aromatic heterocycles. The van der Waals surface area contributed by atoms with Crippen molar-refractivity contribution in [2.24, 2.45) is 0 Å². The molecule has 0 aliphatic heterocycles. The van der Waals surface area contributed by atoms with Crippen LogP contribution in [0.15, 0.2) is 91.0 Å². The van der Waals surface area contributed by atoms with Gasteiger partial charge in [-0.15, -0.1) is 0 Å². The minimum Gasteiger partial charge on any atom is -0.342 e. The number of nitrogens with zero attached hydrogens (tertiary/aromatic N) is 2. The number of benzene rings is 4. The Morgan fingerprint density at radius 1 is 0.676 bits per heavy atom. The number of hydrogen-bond donors (Lipinski definition) is 2. The predicted octanol–water partition coefficient (Wildman–Crippen LogP) is 8.28. The third-order valence-electron chi connectivity index (χ3n) is 7.14. The van der Waals surface area contributed by atoms with Crippen LogP contribution >= 0.6 is 11.6 Å². The van der Waals surface area contributed by atoms with Gasteiger partial charge < -0.3 is 9.97 Å². The maximum Gasteiger partial charge on any atom is 0.107 e. The van der Waals surface area contributed by atoms with Gasteiger partial charge in [-0.1, -0.05) is 73.1 Å². The quantitative estimate of drug-likeness (QED) is 0.219. The fraction of sp³-hybridized carbons (Fsp3) is 0.188. The minimum atomic E-state index is 0.502. The zero-order valence-corrected chi connectivity index (χ0v) is 21.6. The molecule has 0 aliphatic carbocycles. The lowest BCUT2D eigenvalue weighted by atomic mass is 9.96. The zero-order valence-electron chi connectivity index (χ0n) is 20.8. The second-order valence-corrected chi connectivity index (χ2v) is 10.2. The van der Waals surface area contributed by atoms with Crippen molar-refractivity contribution in [3.63, 3.8) is 0 Å². The highest BCUT2D eigenvalue weighted by Gasteiger charge is 2.10. The summed E-state index contributed by atoms with van der Waals surface area (Å²) in [5.41, 5.74) is 9.11. The first-order valence-corrected chi connectivity index (χ1v) is 13.3. The number of hydrogen-bond acceptors (Lipinski definition) is 2. The average molecular weight is 505 g/mol. The van der Waals surface area contributed by atoms with Gasteiger partial charge in [0.15, 0.2) is 0 Å². The highest BCUT2D eigenvalue weighted by molar-refractivity contribution is 6.30. The summed E-state index contributed by atoms with van der Waals surface area (Å²) in [7, 11) is 0. The molecule has 184 valence electrons. The number of aromatic amines is 2. The topological polar surface area (TPSA) is 57.4 Å².